The lowest BCUT2D eigenvalue weighted by Crippen LogP contribution is -2.01. The molecule has 0 aliphatic carbocycles. The molecule has 0 saturated heterocycles. The van der Waals surface area contributed by atoms with E-state index < -0.39 is 22.4 Å². The van der Waals surface area contributed by atoms with E-state index in [9.17, 15) is 18.9 Å². The van der Waals surface area contributed by atoms with Gasteiger partial charge in [0.1, 0.15) is 5.75 Å². The van der Waals surface area contributed by atoms with Gasteiger partial charge in [-0.3, -0.25) is 10.1 Å². The molecule has 0 unspecified atom stereocenters. The van der Waals surface area contributed by atoms with Crippen LogP contribution in [0.4, 0.5) is 20.3 Å². The van der Waals surface area contributed by atoms with Crippen molar-refractivity contribution in [2.24, 2.45) is 0 Å². The van der Waals surface area contributed by atoms with Gasteiger partial charge in [0.25, 0.3) is 11.6 Å². The van der Waals surface area contributed by atoms with Crippen LogP contribution in [-0.2, 0) is 0 Å². The second-order valence-corrected chi connectivity index (χ2v) is 4.16. The summed E-state index contributed by atoms with van der Waals surface area (Å²) in [6.07, 6.45) is 0. The first-order valence-electron chi connectivity index (χ1n) is 5.89. The summed E-state index contributed by atoms with van der Waals surface area (Å²) < 4.78 is 32.1. The van der Waals surface area contributed by atoms with Gasteiger partial charge in [-0.2, -0.15) is 4.98 Å². The van der Waals surface area contributed by atoms with E-state index in [2.05, 4.69) is 10.3 Å². The third-order valence-electron chi connectivity index (χ3n) is 2.71. The Morgan fingerprint density at radius 1 is 1.29 bits per heavy atom. The van der Waals surface area contributed by atoms with Gasteiger partial charge in [0.2, 0.25) is 0 Å². The van der Waals surface area contributed by atoms with Gasteiger partial charge in [0.05, 0.1) is 4.92 Å². The number of aryl methyl sites for hydroxylation is 1. The van der Waals surface area contributed by atoms with Crippen LogP contribution in [0.25, 0.3) is 0 Å². The molecule has 0 bridgehead atoms. The molecule has 8 heteroatoms. The van der Waals surface area contributed by atoms with Gasteiger partial charge in [-0.1, -0.05) is 0 Å². The van der Waals surface area contributed by atoms with Crippen LogP contribution < -0.4 is 10.1 Å². The maximum atomic E-state index is 13.6. The molecule has 21 heavy (non-hydrogen) atoms. The fraction of sp³-hybridized carbons (Fsp3) is 0.154. The van der Waals surface area contributed by atoms with Gasteiger partial charge in [-0.05, 0) is 19.1 Å². The molecular weight excluding hydrogens is 284 g/mol. The molecule has 6 nitrogen and oxygen atoms in total. The largest absolute Gasteiger partial charge is 0.436 e. The molecule has 2 rings (SSSR count). The summed E-state index contributed by atoms with van der Waals surface area (Å²) in [5.41, 5.74) is 0.277. The monoisotopic (exact) mass is 295 g/mol. The molecule has 0 radical (unpaired) electrons. The summed E-state index contributed by atoms with van der Waals surface area (Å²) in [7, 11) is 1.43. The molecule has 0 amide bonds. The Balaban J connectivity index is 2.34. The smallest absolute Gasteiger partial charge is 0.272 e. The number of nitro benzene ring substituents is 1. The zero-order valence-electron chi connectivity index (χ0n) is 11.2. The van der Waals surface area contributed by atoms with Gasteiger partial charge < -0.3 is 10.1 Å². The molecule has 1 aromatic heterocycles. The van der Waals surface area contributed by atoms with Crippen LogP contribution >= 0.6 is 0 Å². The van der Waals surface area contributed by atoms with E-state index >= 15 is 0 Å². The molecule has 0 aliphatic heterocycles. The minimum Gasteiger partial charge on any atom is -0.436 e. The van der Waals surface area contributed by atoms with Crippen molar-refractivity contribution in [3.63, 3.8) is 0 Å². The highest BCUT2D eigenvalue weighted by atomic mass is 19.1. The molecular formula is C13H11F2N3O3. The standard InChI is InChI=1S/C13H11F2N3O3/c1-7-5-8(3-4-11(7)18(19)20)21-13-10(15)6-9(14)12(16-2)17-13/h3-6H,1-2H3,(H,16,17). The summed E-state index contributed by atoms with van der Waals surface area (Å²) in [6.45, 7) is 1.53. The van der Waals surface area contributed by atoms with Gasteiger partial charge in [-0.25, -0.2) is 8.78 Å². The van der Waals surface area contributed by atoms with Crippen LogP contribution in [0, 0.1) is 28.7 Å². The number of anilines is 1. The molecule has 1 N–H and O–H groups in total. The van der Waals surface area contributed by atoms with Crippen molar-refractivity contribution in [2.75, 3.05) is 12.4 Å². The number of hydrogen-bond acceptors (Lipinski definition) is 5. The Bertz CT molecular complexity index is 707. The quantitative estimate of drug-likeness (QED) is 0.691. The molecule has 0 atom stereocenters. The van der Waals surface area contributed by atoms with Gasteiger partial charge in [-0.15, -0.1) is 0 Å². The number of benzene rings is 1. The average Bonchev–Trinajstić information content (AvgIpc) is 2.41. The molecule has 0 saturated carbocycles. The summed E-state index contributed by atoms with van der Waals surface area (Å²) in [5, 5.41) is 13.2. The average molecular weight is 295 g/mol. The fourth-order valence-corrected chi connectivity index (χ4v) is 1.70. The predicted molar refractivity (Wildman–Crippen MR) is 71.6 cm³/mol. The lowest BCUT2D eigenvalue weighted by Gasteiger charge is -2.09. The Kier molecular flexibility index (Phi) is 3.97. The SMILES string of the molecule is CNc1nc(Oc2ccc([N+](=O)[O-])c(C)c2)c(F)cc1F. The number of halogens is 2. The van der Waals surface area contributed by atoms with Crippen molar-refractivity contribution in [3.8, 4) is 11.6 Å². The second-order valence-electron chi connectivity index (χ2n) is 4.16. The number of ether oxygens (including phenoxy) is 1. The van der Waals surface area contributed by atoms with Gasteiger partial charge >= 0.3 is 0 Å². The highest BCUT2D eigenvalue weighted by Crippen LogP contribution is 2.29. The highest BCUT2D eigenvalue weighted by Gasteiger charge is 2.15. The number of pyridine rings is 1. The molecule has 2 aromatic rings. The zero-order chi connectivity index (χ0) is 15.6. The van der Waals surface area contributed by atoms with E-state index in [0.717, 1.165) is 0 Å². The predicted octanol–water partition coefficient (Wildman–Crippen LogP) is 3.41. The summed E-state index contributed by atoms with van der Waals surface area (Å²) in [6, 6.07) is 4.58. The van der Waals surface area contributed by atoms with Gasteiger partial charge in [0.15, 0.2) is 17.5 Å². The van der Waals surface area contributed by atoms with Crippen molar-refractivity contribution in [3.05, 3.63) is 51.6 Å². The molecule has 110 valence electrons. The van der Waals surface area contributed by atoms with Crippen LogP contribution in [0.5, 0.6) is 11.6 Å². The summed E-state index contributed by atoms with van der Waals surface area (Å²) >= 11 is 0. The number of aromatic nitrogens is 1. The Morgan fingerprint density at radius 3 is 2.57 bits per heavy atom. The lowest BCUT2D eigenvalue weighted by atomic mass is 10.2. The van der Waals surface area contributed by atoms with Crippen molar-refractivity contribution >= 4 is 11.5 Å². The minimum absolute atomic E-state index is 0.0780. The van der Waals surface area contributed by atoms with Crippen LogP contribution in [0.15, 0.2) is 24.3 Å². The van der Waals surface area contributed by atoms with Crippen molar-refractivity contribution in [1.29, 1.82) is 0 Å². The lowest BCUT2D eigenvalue weighted by molar-refractivity contribution is -0.385. The second kappa shape index (κ2) is 5.70. The molecule has 1 aromatic carbocycles. The van der Waals surface area contributed by atoms with E-state index in [1.807, 2.05) is 0 Å². The summed E-state index contributed by atoms with van der Waals surface area (Å²) in [4.78, 5) is 13.8. The number of rotatable bonds is 4. The highest BCUT2D eigenvalue weighted by molar-refractivity contribution is 5.46. The van der Waals surface area contributed by atoms with E-state index in [1.54, 1.807) is 0 Å². The number of nitro groups is 1. The third kappa shape index (κ3) is 3.04. The van der Waals surface area contributed by atoms with Crippen molar-refractivity contribution in [1.82, 2.24) is 4.98 Å². The van der Waals surface area contributed by atoms with Crippen molar-refractivity contribution < 1.29 is 18.4 Å². The van der Waals surface area contributed by atoms with Crippen molar-refractivity contribution in [2.45, 2.75) is 6.92 Å². The fourth-order valence-electron chi connectivity index (χ4n) is 1.70. The summed E-state index contributed by atoms with van der Waals surface area (Å²) in [5.74, 6) is -2.23. The number of nitrogens with zero attached hydrogens (tertiary/aromatic N) is 2. The van der Waals surface area contributed by atoms with Crippen LogP contribution in [0.3, 0.4) is 0 Å². The maximum Gasteiger partial charge on any atom is 0.272 e. The Hall–Kier alpha value is -2.77. The number of nitrogens with one attached hydrogen (secondary N) is 1. The molecule has 0 spiro atoms. The van der Waals surface area contributed by atoms with Gasteiger partial charge in [0, 0.05) is 24.7 Å². The maximum absolute atomic E-state index is 13.6. The molecule has 0 aliphatic rings. The van der Waals surface area contributed by atoms with E-state index in [-0.39, 0.29) is 17.3 Å². The van der Waals surface area contributed by atoms with Crippen LogP contribution in [0.1, 0.15) is 5.56 Å². The third-order valence-corrected chi connectivity index (χ3v) is 2.71. The van der Waals surface area contributed by atoms with E-state index in [4.69, 9.17) is 4.74 Å². The topological polar surface area (TPSA) is 77.3 Å². The minimum atomic E-state index is -0.970. The zero-order valence-corrected chi connectivity index (χ0v) is 11.2. The van der Waals surface area contributed by atoms with Crippen LogP contribution in [-0.4, -0.2) is 17.0 Å². The van der Waals surface area contributed by atoms with Crippen LogP contribution in [0.2, 0.25) is 0 Å². The van der Waals surface area contributed by atoms with E-state index in [0.29, 0.717) is 11.6 Å². The first-order chi connectivity index (χ1) is 9.92. The van der Waals surface area contributed by atoms with E-state index in [1.165, 1.54) is 32.2 Å². The molecule has 0 fully saturated rings. The normalized spacial score (nSPS) is 10.3. The first kappa shape index (κ1) is 14.6. The Morgan fingerprint density at radius 2 is 2.00 bits per heavy atom. The first-order valence-corrected chi connectivity index (χ1v) is 5.89. The molecule has 1 heterocycles. The number of hydrogen-bond donors (Lipinski definition) is 1. The Labute approximate surface area is 118 Å².